The second-order valence-corrected chi connectivity index (χ2v) is 9.30. The first kappa shape index (κ1) is 27.5. The van der Waals surface area contributed by atoms with Crippen LogP contribution in [-0.4, -0.2) is 72.0 Å². The molecule has 0 saturated carbocycles. The average molecular weight is 424 g/mol. The van der Waals surface area contributed by atoms with Crippen molar-refractivity contribution in [3.63, 3.8) is 0 Å². The molecule has 8 heteroatoms. The number of Topliss-reactive ketones (excluding diaryl/α,β-unsaturated/α-hetero) is 1. The molecule has 0 spiro atoms. The Morgan fingerprint density at radius 1 is 1.00 bits per heavy atom. The van der Waals surface area contributed by atoms with Crippen LogP contribution in [0, 0.1) is 5.92 Å². The third kappa shape index (κ3) is 16.4. The Morgan fingerprint density at radius 2 is 1.61 bits per heavy atom. The predicted octanol–water partition coefficient (Wildman–Crippen LogP) is 2.66. The molecule has 0 aliphatic rings. The molecule has 0 fully saturated rings. The molecule has 0 radical (unpaired) electrons. The molecule has 0 aromatic carbocycles. The van der Waals surface area contributed by atoms with Gasteiger partial charge in [-0.15, -0.1) is 0 Å². The van der Waals surface area contributed by atoms with Gasteiger partial charge in [0.05, 0.1) is 12.7 Å². The molecule has 28 heavy (non-hydrogen) atoms. The second-order valence-electron chi connectivity index (χ2n) is 7.81. The Bertz CT molecular complexity index is 497. The van der Waals surface area contributed by atoms with Gasteiger partial charge in [-0.05, 0) is 19.4 Å². The molecular formula is C20H41NO6S. The molecule has 0 bridgehead atoms. The number of carbonyl (C=O) groups is 1. The lowest BCUT2D eigenvalue weighted by atomic mass is 9.95. The lowest BCUT2D eigenvalue weighted by molar-refractivity contribution is -0.122. The molecule has 0 aliphatic carbocycles. The van der Waals surface area contributed by atoms with Crippen molar-refractivity contribution in [3.05, 3.63) is 0 Å². The number of rotatable bonds is 19. The topological polar surface area (TPSA) is 115 Å². The number of ketones is 1. The summed E-state index contributed by atoms with van der Waals surface area (Å²) in [5.74, 6) is -0.455. The smallest absolute Gasteiger partial charge is 0.267 e. The number of hydrogen-bond acceptors (Lipinski definition) is 6. The predicted molar refractivity (Wildman–Crippen MR) is 112 cm³/mol. The van der Waals surface area contributed by atoms with Crippen LogP contribution < -0.4 is 0 Å². The summed E-state index contributed by atoms with van der Waals surface area (Å²) in [4.78, 5) is 14.0. The number of aliphatic hydroxyl groups excluding tert-OH is 2. The molecule has 0 heterocycles. The second kappa shape index (κ2) is 16.3. The van der Waals surface area contributed by atoms with Crippen molar-refractivity contribution in [2.75, 3.05) is 32.0 Å². The minimum Gasteiger partial charge on any atom is -0.395 e. The van der Waals surface area contributed by atoms with Crippen LogP contribution in [-0.2, 0) is 14.9 Å². The van der Waals surface area contributed by atoms with Gasteiger partial charge in [-0.3, -0.25) is 14.2 Å². The van der Waals surface area contributed by atoms with E-state index in [1.165, 1.54) is 38.5 Å². The first-order chi connectivity index (χ1) is 13.2. The zero-order valence-electron chi connectivity index (χ0n) is 17.7. The monoisotopic (exact) mass is 423 g/mol. The summed E-state index contributed by atoms with van der Waals surface area (Å²) in [6.45, 7) is 4.85. The molecule has 2 unspecified atom stereocenters. The van der Waals surface area contributed by atoms with E-state index in [4.69, 9.17) is 9.66 Å². The number of aliphatic hydroxyl groups is 2. The van der Waals surface area contributed by atoms with E-state index in [1.54, 1.807) is 4.90 Å². The molecular weight excluding hydrogens is 382 g/mol. The van der Waals surface area contributed by atoms with Gasteiger partial charge in [-0.2, -0.15) is 8.42 Å². The fourth-order valence-electron chi connectivity index (χ4n) is 3.32. The van der Waals surface area contributed by atoms with Crippen LogP contribution in [0.1, 0.15) is 78.1 Å². The van der Waals surface area contributed by atoms with Crippen LogP contribution >= 0.6 is 0 Å². The van der Waals surface area contributed by atoms with Crippen molar-refractivity contribution in [1.29, 1.82) is 0 Å². The highest BCUT2D eigenvalue weighted by Gasteiger charge is 2.18. The van der Waals surface area contributed by atoms with Gasteiger partial charge in [0.1, 0.15) is 11.5 Å². The molecule has 0 amide bonds. The van der Waals surface area contributed by atoms with E-state index >= 15 is 0 Å². The minimum absolute atomic E-state index is 0.0299. The van der Waals surface area contributed by atoms with E-state index in [0.717, 1.165) is 12.8 Å². The van der Waals surface area contributed by atoms with Crippen molar-refractivity contribution in [3.8, 4) is 0 Å². The zero-order valence-corrected chi connectivity index (χ0v) is 18.5. The number of hydrogen-bond donors (Lipinski definition) is 3. The van der Waals surface area contributed by atoms with Gasteiger partial charge in [0.15, 0.2) is 0 Å². The first-order valence-electron chi connectivity index (χ1n) is 10.7. The van der Waals surface area contributed by atoms with Gasteiger partial charge in [0.25, 0.3) is 10.1 Å². The van der Waals surface area contributed by atoms with Crippen LogP contribution in [0.4, 0.5) is 0 Å². The number of nitrogens with zero attached hydrogens (tertiary/aromatic N) is 1. The molecule has 168 valence electrons. The maximum Gasteiger partial charge on any atom is 0.267 e. The molecule has 2 atom stereocenters. The molecule has 0 saturated heterocycles. The molecule has 0 rings (SSSR count). The maximum absolute atomic E-state index is 12.3. The summed E-state index contributed by atoms with van der Waals surface area (Å²) in [5, 5.41) is 18.8. The Hall–Kier alpha value is -0.540. The van der Waals surface area contributed by atoms with Gasteiger partial charge < -0.3 is 10.2 Å². The summed E-state index contributed by atoms with van der Waals surface area (Å²) in [6, 6.07) is 0. The maximum atomic E-state index is 12.3. The SMILES string of the molecule is CCCCCCCCCC(C)C(=O)CCCN(CCO)CC(O)CS(=O)(=O)O. The van der Waals surface area contributed by atoms with Gasteiger partial charge in [-0.1, -0.05) is 58.8 Å². The Balaban J connectivity index is 4.02. The highest BCUT2D eigenvalue weighted by Crippen LogP contribution is 2.15. The Morgan fingerprint density at radius 3 is 2.18 bits per heavy atom. The van der Waals surface area contributed by atoms with E-state index in [-0.39, 0.29) is 31.4 Å². The van der Waals surface area contributed by atoms with E-state index in [9.17, 15) is 18.3 Å². The van der Waals surface area contributed by atoms with E-state index in [0.29, 0.717) is 19.4 Å². The van der Waals surface area contributed by atoms with Crippen LogP contribution in [0.2, 0.25) is 0 Å². The molecule has 0 aromatic heterocycles. The highest BCUT2D eigenvalue weighted by molar-refractivity contribution is 7.85. The van der Waals surface area contributed by atoms with Gasteiger partial charge in [0.2, 0.25) is 0 Å². The normalized spacial score (nSPS) is 14.4. The lowest BCUT2D eigenvalue weighted by Gasteiger charge is -2.23. The minimum atomic E-state index is -4.24. The average Bonchev–Trinajstić information content (AvgIpc) is 2.59. The van der Waals surface area contributed by atoms with Crippen LogP contribution in [0.5, 0.6) is 0 Å². The van der Waals surface area contributed by atoms with Gasteiger partial charge in [0, 0.05) is 25.4 Å². The fraction of sp³-hybridized carbons (Fsp3) is 0.950. The highest BCUT2D eigenvalue weighted by atomic mass is 32.2. The molecule has 0 aromatic rings. The van der Waals surface area contributed by atoms with Crippen molar-refractivity contribution in [1.82, 2.24) is 4.90 Å². The Kier molecular flexibility index (Phi) is 16.0. The Labute approximate surface area is 171 Å². The largest absolute Gasteiger partial charge is 0.395 e. The summed E-state index contributed by atoms with van der Waals surface area (Å²) in [5.41, 5.74) is 0. The van der Waals surface area contributed by atoms with Crippen molar-refractivity contribution >= 4 is 15.9 Å². The molecule has 0 aliphatic heterocycles. The standard InChI is InChI=1S/C20H41NO6S/c1-3-4-5-6-7-8-9-11-18(2)20(24)12-10-13-21(14-15-22)16-19(23)17-28(25,26)27/h18-19,22-23H,3-17H2,1-2H3,(H,25,26,27). The third-order valence-corrected chi connectivity index (χ3v) is 5.78. The molecule has 3 N–H and O–H groups in total. The lowest BCUT2D eigenvalue weighted by Crippen LogP contribution is -2.38. The quantitative estimate of drug-likeness (QED) is 0.216. The van der Waals surface area contributed by atoms with Crippen molar-refractivity contribution in [2.45, 2.75) is 84.2 Å². The first-order valence-corrected chi connectivity index (χ1v) is 12.3. The fourth-order valence-corrected chi connectivity index (χ4v) is 3.91. The van der Waals surface area contributed by atoms with Crippen molar-refractivity contribution < 1.29 is 28.0 Å². The van der Waals surface area contributed by atoms with Crippen LogP contribution in [0.15, 0.2) is 0 Å². The summed E-state index contributed by atoms with van der Waals surface area (Å²) < 4.78 is 30.4. The van der Waals surface area contributed by atoms with Crippen molar-refractivity contribution in [2.24, 2.45) is 5.92 Å². The van der Waals surface area contributed by atoms with E-state index < -0.39 is 22.0 Å². The van der Waals surface area contributed by atoms with E-state index in [1.807, 2.05) is 6.92 Å². The van der Waals surface area contributed by atoms with Crippen LogP contribution in [0.25, 0.3) is 0 Å². The summed E-state index contributed by atoms with van der Waals surface area (Å²) in [7, 11) is -4.24. The zero-order chi connectivity index (χ0) is 21.4. The van der Waals surface area contributed by atoms with Gasteiger partial charge in [-0.25, -0.2) is 0 Å². The van der Waals surface area contributed by atoms with Crippen LogP contribution in [0.3, 0.4) is 0 Å². The number of carbonyl (C=O) groups excluding carboxylic acids is 1. The summed E-state index contributed by atoms with van der Waals surface area (Å²) >= 11 is 0. The molecule has 7 nitrogen and oxygen atoms in total. The van der Waals surface area contributed by atoms with E-state index in [2.05, 4.69) is 6.92 Å². The number of unbranched alkanes of at least 4 members (excludes halogenated alkanes) is 6. The third-order valence-electron chi connectivity index (χ3n) is 4.98. The van der Waals surface area contributed by atoms with Gasteiger partial charge >= 0.3 is 0 Å². The summed E-state index contributed by atoms with van der Waals surface area (Å²) in [6.07, 6.45) is 9.35.